The van der Waals surface area contributed by atoms with Gasteiger partial charge in [0, 0.05) is 25.9 Å². The van der Waals surface area contributed by atoms with Crippen LogP contribution in [0, 0.1) is 5.92 Å². The number of nitrogens with zero attached hydrogens (tertiary/aromatic N) is 2. The lowest BCUT2D eigenvalue weighted by atomic mass is 10.0. The number of aliphatic hydroxyl groups is 1. The Labute approximate surface area is 348 Å². The van der Waals surface area contributed by atoms with Crippen LogP contribution >= 0.6 is 0 Å². The zero-order chi connectivity index (χ0) is 45.3. The lowest BCUT2D eigenvalue weighted by Gasteiger charge is -2.30. The van der Waals surface area contributed by atoms with Crippen LogP contribution < -0.4 is 49.5 Å². The van der Waals surface area contributed by atoms with Crippen LogP contribution in [-0.2, 0) is 44.8 Å². The number of aliphatic imine (C=N–C) groups is 1. The first-order valence-electron chi connectivity index (χ1n) is 19.7. The number of nitrogens with one attached hydrogen (secondary N) is 5. The first-order valence-corrected chi connectivity index (χ1v) is 19.7. The van der Waals surface area contributed by atoms with Crippen LogP contribution in [-0.4, -0.2) is 135 Å². The van der Waals surface area contributed by atoms with Gasteiger partial charge < -0.3 is 69.7 Å². The number of hydrogen-bond acceptors (Lipinski definition) is 12. The molecular formula is C38H61N11O11. The highest BCUT2D eigenvalue weighted by atomic mass is 16.4. The van der Waals surface area contributed by atoms with Crippen molar-refractivity contribution in [2.24, 2.45) is 33.8 Å². The molecule has 22 nitrogen and oxygen atoms in total. The number of hydrogen-bond donors (Lipinski definition) is 12. The highest BCUT2D eigenvalue weighted by molar-refractivity contribution is 5.98. The predicted octanol–water partition coefficient (Wildman–Crippen LogP) is -3.47. The van der Waals surface area contributed by atoms with E-state index in [1.807, 2.05) is 0 Å². The Balaban J connectivity index is 2.24. The lowest BCUT2D eigenvalue weighted by Crippen LogP contribution is -2.60. The molecule has 8 atom stereocenters. The standard InChI is InChI=1S/C38H61N11O11/c1-19(2)17-26(33(56)44-20(3)31(40)54)47-35(58)28(12-13-29(52)53)49-16-14-25(37(49)60)45-36(59)30(21(4)50)48-34(57)27(18-22-8-10-23(51)11-9-22)46-32(55)24(39)7-5-6-15-43-38(41)42/h8-11,19-21,24-28,30,50-51H,5-7,12-18,39H2,1-4H3,(H2,40,54)(H,44,56)(H,45,59)(H,46,55)(H,47,58)(H,48,57)(H,52,53)(H4,41,42,43)/t20-,21-,24-,25-,26-,27-,28-,30-/m1/s1. The maximum Gasteiger partial charge on any atom is 0.303 e. The minimum atomic E-state index is -1.65. The van der Waals surface area contributed by atoms with Crippen LogP contribution in [0.4, 0.5) is 0 Å². The number of carbonyl (C=O) groups excluding carboxylic acids is 7. The van der Waals surface area contributed by atoms with Crippen LogP contribution in [0.3, 0.4) is 0 Å². The number of unbranched alkanes of at least 4 members (excludes halogenated alkanes) is 1. The number of aliphatic hydroxyl groups excluding tert-OH is 1. The molecule has 22 heteroatoms. The third kappa shape index (κ3) is 16.7. The topological polar surface area (TPSA) is 377 Å². The van der Waals surface area contributed by atoms with Crippen LogP contribution in [0.1, 0.15) is 78.2 Å². The normalized spacial score (nSPS) is 17.2. The molecular weight excluding hydrogens is 786 g/mol. The van der Waals surface area contributed by atoms with Gasteiger partial charge in [-0.2, -0.15) is 0 Å². The van der Waals surface area contributed by atoms with Crippen molar-refractivity contribution < 1.29 is 53.7 Å². The maximum absolute atomic E-state index is 13.7. The number of primary amides is 1. The summed E-state index contributed by atoms with van der Waals surface area (Å²) < 4.78 is 0. The van der Waals surface area contributed by atoms with Crippen molar-refractivity contribution in [1.82, 2.24) is 31.5 Å². The largest absolute Gasteiger partial charge is 0.508 e. The van der Waals surface area contributed by atoms with Gasteiger partial charge in [-0.05, 0) is 76.0 Å². The van der Waals surface area contributed by atoms with Crippen molar-refractivity contribution in [2.45, 2.75) is 127 Å². The number of nitrogens with two attached hydrogens (primary N) is 4. The summed E-state index contributed by atoms with van der Waals surface area (Å²) in [4.78, 5) is 109. The number of phenols is 1. The summed E-state index contributed by atoms with van der Waals surface area (Å²) in [6.45, 7) is 6.38. The molecule has 0 bridgehead atoms. The van der Waals surface area contributed by atoms with Crippen molar-refractivity contribution in [3.05, 3.63) is 29.8 Å². The number of carboxylic acids is 1. The summed E-state index contributed by atoms with van der Waals surface area (Å²) in [5.74, 6) is -7.15. The number of guanidine groups is 1. The second-order valence-electron chi connectivity index (χ2n) is 15.2. The number of carboxylic acid groups (broad SMARTS) is 1. The fraction of sp³-hybridized carbons (Fsp3) is 0.605. The van der Waals surface area contributed by atoms with Crippen molar-refractivity contribution >= 4 is 53.3 Å². The van der Waals surface area contributed by atoms with Gasteiger partial charge in [0.05, 0.1) is 12.1 Å². The van der Waals surface area contributed by atoms with E-state index < -0.39 is 102 Å². The fourth-order valence-corrected chi connectivity index (χ4v) is 6.28. The van der Waals surface area contributed by atoms with Gasteiger partial charge in [-0.3, -0.25) is 43.3 Å². The first-order chi connectivity index (χ1) is 28.1. The van der Waals surface area contributed by atoms with Gasteiger partial charge in [-0.15, -0.1) is 0 Å². The van der Waals surface area contributed by atoms with Gasteiger partial charge >= 0.3 is 5.97 Å². The molecule has 1 heterocycles. The number of aliphatic carboxylic acids is 1. The quantitative estimate of drug-likeness (QED) is 0.0259. The number of carbonyl (C=O) groups is 8. The third-order valence-electron chi connectivity index (χ3n) is 9.62. The van der Waals surface area contributed by atoms with Gasteiger partial charge in [-0.1, -0.05) is 26.0 Å². The number of amides is 7. The summed E-state index contributed by atoms with van der Waals surface area (Å²) in [6, 6.07) is -3.06. The molecule has 1 saturated heterocycles. The smallest absolute Gasteiger partial charge is 0.303 e. The molecule has 0 aliphatic carbocycles. The van der Waals surface area contributed by atoms with Crippen molar-refractivity contribution in [2.75, 3.05) is 13.1 Å². The Hall–Kier alpha value is -6.03. The van der Waals surface area contributed by atoms with E-state index in [1.165, 1.54) is 38.1 Å². The van der Waals surface area contributed by atoms with Crippen LogP contribution in [0.25, 0.3) is 0 Å². The molecule has 2 rings (SSSR count). The van der Waals surface area contributed by atoms with Crippen LogP contribution in [0.5, 0.6) is 5.75 Å². The summed E-state index contributed by atoms with van der Waals surface area (Å²) in [5.41, 5.74) is 22.5. The monoisotopic (exact) mass is 847 g/mol. The van der Waals surface area contributed by atoms with Crippen molar-refractivity contribution in [1.29, 1.82) is 0 Å². The number of likely N-dealkylation sites (tertiary alicyclic amines) is 1. The van der Waals surface area contributed by atoms with Crippen LogP contribution in [0.2, 0.25) is 0 Å². The number of phenolic OH excluding ortho intramolecular Hbond substituents is 1. The van der Waals surface area contributed by atoms with Gasteiger partial charge in [0.2, 0.25) is 41.4 Å². The summed E-state index contributed by atoms with van der Waals surface area (Å²) in [5, 5.41) is 42.3. The zero-order valence-electron chi connectivity index (χ0n) is 34.4. The molecule has 0 unspecified atom stereocenters. The Kier molecular flexibility index (Phi) is 20.2. The van der Waals surface area contributed by atoms with E-state index in [2.05, 4.69) is 31.6 Å². The average Bonchev–Trinajstić information content (AvgIpc) is 3.51. The molecule has 0 radical (unpaired) electrons. The second kappa shape index (κ2) is 24.1. The predicted molar refractivity (Wildman–Crippen MR) is 217 cm³/mol. The van der Waals surface area contributed by atoms with Gasteiger partial charge in [0.25, 0.3) is 0 Å². The molecule has 1 aromatic rings. The molecule has 1 aliphatic heterocycles. The van der Waals surface area contributed by atoms with Gasteiger partial charge in [-0.25, -0.2) is 0 Å². The zero-order valence-corrected chi connectivity index (χ0v) is 34.4. The molecule has 0 spiro atoms. The molecule has 0 saturated carbocycles. The van der Waals surface area contributed by atoms with E-state index in [9.17, 15) is 53.7 Å². The minimum Gasteiger partial charge on any atom is -0.508 e. The molecule has 1 fully saturated rings. The number of aromatic hydroxyl groups is 1. The SMILES string of the molecule is CC(C)C[C@@H](NC(=O)[C@@H](CCC(=O)O)N1CC[C@@H](NC(=O)[C@H](NC(=O)[C@@H](Cc2ccc(O)cc2)NC(=O)[C@H](N)CCCCN=C(N)N)[C@@H](C)O)C1=O)C(=O)N[C@H](C)C(N)=O. The Bertz CT molecular complexity index is 1700. The minimum absolute atomic E-state index is 0.0410. The van der Waals surface area contributed by atoms with Crippen LogP contribution in [0.15, 0.2) is 29.3 Å². The Morgan fingerprint density at radius 1 is 0.833 bits per heavy atom. The third-order valence-corrected chi connectivity index (χ3v) is 9.62. The average molecular weight is 848 g/mol. The maximum atomic E-state index is 13.7. The molecule has 16 N–H and O–H groups in total. The molecule has 334 valence electrons. The van der Waals surface area contributed by atoms with E-state index in [-0.39, 0.29) is 56.3 Å². The van der Waals surface area contributed by atoms with Gasteiger partial charge in [0.15, 0.2) is 5.96 Å². The van der Waals surface area contributed by atoms with E-state index >= 15 is 0 Å². The molecule has 7 amide bonds. The number of rotatable bonds is 25. The van der Waals surface area contributed by atoms with E-state index in [4.69, 9.17) is 22.9 Å². The molecule has 0 aromatic heterocycles. The Morgan fingerprint density at radius 3 is 2.02 bits per heavy atom. The molecule has 60 heavy (non-hydrogen) atoms. The van der Waals surface area contributed by atoms with E-state index in [1.54, 1.807) is 13.8 Å². The summed E-state index contributed by atoms with van der Waals surface area (Å²) in [6.07, 6.45) is -1.16. The number of benzene rings is 1. The highest BCUT2D eigenvalue weighted by Crippen LogP contribution is 2.20. The van der Waals surface area contributed by atoms with Crippen molar-refractivity contribution in [3.63, 3.8) is 0 Å². The van der Waals surface area contributed by atoms with Gasteiger partial charge in [0.1, 0.15) is 42.0 Å². The van der Waals surface area contributed by atoms with E-state index in [0.29, 0.717) is 24.9 Å². The second-order valence-corrected chi connectivity index (χ2v) is 15.2. The lowest BCUT2D eigenvalue weighted by molar-refractivity contribution is -0.143. The molecule has 1 aromatic carbocycles. The summed E-state index contributed by atoms with van der Waals surface area (Å²) in [7, 11) is 0. The van der Waals surface area contributed by atoms with E-state index in [0.717, 1.165) is 4.90 Å². The van der Waals surface area contributed by atoms with Crippen molar-refractivity contribution in [3.8, 4) is 5.75 Å². The molecule has 1 aliphatic rings. The highest BCUT2D eigenvalue weighted by Gasteiger charge is 2.42. The summed E-state index contributed by atoms with van der Waals surface area (Å²) >= 11 is 0. The fourth-order valence-electron chi connectivity index (χ4n) is 6.28. The Morgan fingerprint density at radius 2 is 1.45 bits per heavy atom. The first kappa shape index (κ1) is 50.1.